The highest BCUT2D eigenvalue weighted by Gasteiger charge is 2.11. The molecule has 2 rings (SSSR count). The predicted octanol–water partition coefficient (Wildman–Crippen LogP) is -0.478. The van der Waals surface area contributed by atoms with Crippen molar-refractivity contribution in [1.82, 2.24) is 9.55 Å². The fraction of sp³-hybridized carbons (Fsp3) is 0.500. The molecular weight excluding hydrogens is 172 g/mol. The molecule has 0 aromatic carbocycles. The normalized spacial score (nSPS) is 16.3. The van der Waals surface area contributed by atoms with Gasteiger partial charge >= 0.3 is 0 Å². The van der Waals surface area contributed by atoms with Crippen LogP contribution in [0.15, 0.2) is 11.0 Å². The molecule has 1 N–H and O–H groups in total. The molecule has 70 valence electrons. The number of hydrogen-bond donors (Lipinski definition) is 1. The van der Waals surface area contributed by atoms with Crippen LogP contribution in [0.5, 0.6) is 5.75 Å². The predicted molar refractivity (Wildman–Crippen MR) is 44.7 cm³/mol. The van der Waals surface area contributed by atoms with Gasteiger partial charge in [0.2, 0.25) is 0 Å². The van der Waals surface area contributed by atoms with E-state index in [1.165, 1.54) is 10.8 Å². The molecule has 1 aromatic rings. The van der Waals surface area contributed by atoms with Crippen molar-refractivity contribution >= 4 is 0 Å². The maximum absolute atomic E-state index is 11.4. The molecular formula is C8H10N2O3. The lowest BCUT2D eigenvalue weighted by molar-refractivity contribution is 0.140. The first-order chi connectivity index (χ1) is 6.29. The van der Waals surface area contributed by atoms with Crippen molar-refractivity contribution in [3.8, 4) is 5.75 Å². The zero-order valence-electron chi connectivity index (χ0n) is 7.06. The highest BCUT2D eigenvalue weighted by molar-refractivity contribution is 5.12. The minimum atomic E-state index is -0.379. The second kappa shape index (κ2) is 3.18. The van der Waals surface area contributed by atoms with E-state index in [0.717, 1.165) is 0 Å². The van der Waals surface area contributed by atoms with Crippen molar-refractivity contribution in [2.75, 3.05) is 13.2 Å². The number of nitrogens with zero attached hydrogens (tertiary/aromatic N) is 2. The monoisotopic (exact) mass is 182 g/mol. The highest BCUT2D eigenvalue weighted by atomic mass is 16.5. The van der Waals surface area contributed by atoms with Crippen LogP contribution in [0.4, 0.5) is 0 Å². The Labute approximate surface area is 74.6 Å². The van der Waals surface area contributed by atoms with E-state index in [-0.39, 0.29) is 11.3 Å². The Morgan fingerprint density at radius 1 is 1.54 bits per heavy atom. The van der Waals surface area contributed by atoms with E-state index in [0.29, 0.717) is 32.0 Å². The number of rotatable bonds is 0. The van der Waals surface area contributed by atoms with Crippen LogP contribution in [0.3, 0.4) is 0 Å². The number of fused-ring (bicyclic) bond motifs is 1. The molecule has 0 amide bonds. The average Bonchev–Trinajstić information content (AvgIpc) is 2.36. The summed E-state index contributed by atoms with van der Waals surface area (Å²) >= 11 is 0. The number of hydrogen-bond acceptors (Lipinski definition) is 4. The molecule has 0 unspecified atom stereocenters. The molecule has 0 fully saturated rings. The second-order valence-corrected chi connectivity index (χ2v) is 2.88. The summed E-state index contributed by atoms with van der Waals surface area (Å²) in [7, 11) is 0. The zero-order valence-corrected chi connectivity index (χ0v) is 7.06. The summed E-state index contributed by atoms with van der Waals surface area (Å²) in [6.07, 6.45) is 1.81. The van der Waals surface area contributed by atoms with Crippen molar-refractivity contribution in [2.45, 2.75) is 13.0 Å². The summed E-state index contributed by atoms with van der Waals surface area (Å²) in [5, 5.41) is 9.13. The van der Waals surface area contributed by atoms with E-state index in [1.807, 2.05) is 0 Å². The SMILES string of the molecule is O=c1c(O)cnc2n1CCOCC2. The molecule has 1 aromatic heterocycles. The van der Waals surface area contributed by atoms with Gasteiger partial charge in [-0.1, -0.05) is 0 Å². The highest BCUT2D eigenvalue weighted by Crippen LogP contribution is 2.04. The largest absolute Gasteiger partial charge is 0.502 e. The Hall–Kier alpha value is -1.36. The van der Waals surface area contributed by atoms with Gasteiger partial charge < -0.3 is 9.84 Å². The molecule has 0 bridgehead atoms. The smallest absolute Gasteiger partial charge is 0.295 e. The second-order valence-electron chi connectivity index (χ2n) is 2.88. The number of ether oxygens (including phenoxy) is 1. The van der Waals surface area contributed by atoms with E-state index in [9.17, 15) is 4.79 Å². The molecule has 0 aliphatic carbocycles. The Kier molecular flexibility index (Phi) is 2.02. The molecule has 5 nitrogen and oxygen atoms in total. The summed E-state index contributed by atoms with van der Waals surface area (Å²) in [5.41, 5.74) is -0.379. The quantitative estimate of drug-likeness (QED) is 0.588. The van der Waals surface area contributed by atoms with Gasteiger partial charge in [0, 0.05) is 6.42 Å². The van der Waals surface area contributed by atoms with Crippen LogP contribution in [0.1, 0.15) is 5.82 Å². The van der Waals surface area contributed by atoms with Gasteiger partial charge in [0.1, 0.15) is 5.82 Å². The molecule has 0 saturated heterocycles. The van der Waals surface area contributed by atoms with E-state index in [1.54, 1.807) is 0 Å². The van der Waals surface area contributed by atoms with Crippen molar-refractivity contribution in [3.05, 3.63) is 22.4 Å². The number of aromatic nitrogens is 2. The third-order valence-corrected chi connectivity index (χ3v) is 2.04. The maximum atomic E-state index is 11.4. The van der Waals surface area contributed by atoms with Crippen molar-refractivity contribution in [3.63, 3.8) is 0 Å². The van der Waals surface area contributed by atoms with Crippen LogP contribution >= 0.6 is 0 Å². The molecule has 0 saturated carbocycles. The van der Waals surface area contributed by atoms with E-state index in [4.69, 9.17) is 9.84 Å². The molecule has 1 aliphatic rings. The van der Waals surface area contributed by atoms with Crippen LogP contribution in [-0.2, 0) is 17.7 Å². The van der Waals surface area contributed by atoms with Gasteiger partial charge in [0.25, 0.3) is 5.56 Å². The molecule has 13 heavy (non-hydrogen) atoms. The Morgan fingerprint density at radius 2 is 2.38 bits per heavy atom. The topological polar surface area (TPSA) is 64.3 Å². The zero-order chi connectivity index (χ0) is 9.26. The Balaban J connectivity index is 2.54. The Morgan fingerprint density at radius 3 is 3.23 bits per heavy atom. The fourth-order valence-corrected chi connectivity index (χ4v) is 1.37. The van der Waals surface area contributed by atoms with Gasteiger partial charge in [-0.3, -0.25) is 9.36 Å². The molecule has 1 aliphatic heterocycles. The minimum Gasteiger partial charge on any atom is -0.502 e. The summed E-state index contributed by atoms with van der Waals surface area (Å²) in [6, 6.07) is 0. The first-order valence-electron chi connectivity index (χ1n) is 4.14. The third-order valence-electron chi connectivity index (χ3n) is 2.04. The summed E-state index contributed by atoms with van der Waals surface area (Å²) in [5.74, 6) is 0.381. The van der Waals surface area contributed by atoms with Gasteiger partial charge in [0.05, 0.1) is 26.0 Å². The van der Waals surface area contributed by atoms with Crippen LogP contribution in [-0.4, -0.2) is 27.9 Å². The van der Waals surface area contributed by atoms with Crippen molar-refractivity contribution < 1.29 is 9.84 Å². The summed E-state index contributed by atoms with van der Waals surface area (Å²) < 4.78 is 6.65. The third kappa shape index (κ3) is 1.42. The van der Waals surface area contributed by atoms with E-state index >= 15 is 0 Å². The van der Waals surface area contributed by atoms with Crippen LogP contribution in [0, 0.1) is 0 Å². The molecule has 5 heteroatoms. The molecule has 0 atom stereocenters. The standard InChI is InChI=1S/C8H10N2O3/c11-6-5-9-7-1-3-13-4-2-10(7)8(6)12/h5,11H,1-4H2. The van der Waals surface area contributed by atoms with Gasteiger partial charge in [-0.25, -0.2) is 4.98 Å². The average molecular weight is 182 g/mol. The summed E-state index contributed by atoms with van der Waals surface area (Å²) in [4.78, 5) is 15.4. The lowest BCUT2D eigenvalue weighted by atomic mass is 10.4. The van der Waals surface area contributed by atoms with Crippen LogP contribution in [0.25, 0.3) is 0 Å². The van der Waals surface area contributed by atoms with Crippen molar-refractivity contribution in [1.29, 1.82) is 0 Å². The van der Waals surface area contributed by atoms with Gasteiger partial charge in [0.15, 0.2) is 5.75 Å². The number of aromatic hydroxyl groups is 1. The first kappa shape index (κ1) is 8.25. The van der Waals surface area contributed by atoms with E-state index in [2.05, 4.69) is 4.98 Å². The maximum Gasteiger partial charge on any atom is 0.295 e. The fourth-order valence-electron chi connectivity index (χ4n) is 1.37. The summed E-state index contributed by atoms with van der Waals surface area (Å²) in [6.45, 7) is 1.55. The lowest BCUT2D eigenvalue weighted by Gasteiger charge is -2.06. The lowest BCUT2D eigenvalue weighted by Crippen LogP contribution is -2.24. The van der Waals surface area contributed by atoms with Gasteiger partial charge in [-0.2, -0.15) is 0 Å². The van der Waals surface area contributed by atoms with Crippen LogP contribution in [0.2, 0.25) is 0 Å². The van der Waals surface area contributed by atoms with Crippen LogP contribution < -0.4 is 5.56 Å². The van der Waals surface area contributed by atoms with E-state index < -0.39 is 0 Å². The molecule has 0 radical (unpaired) electrons. The minimum absolute atomic E-state index is 0.300. The van der Waals surface area contributed by atoms with Gasteiger partial charge in [-0.05, 0) is 0 Å². The molecule has 2 heterocycles. The molecule has 0 spiro atoms. The first-order valence-corrected chi connectivity index (χ1v) is 4.14. The van der Waals surface area contributed by atoms with Gasteiger partial charge in [-0.15, -0.1) is 0 Å². The Bertz CT molecular complexity index is 372. The van der Waals surface area contributed by atoms with Crippen molar-refractivity contribution in [2.24, 2.45) is 0 Å².